The van der Waals surface area contributed by atoms with Gasteiger partial charge in [-0.3, -0.25) is 0 Å². The minimum absolute atomic E-state index is 0.413. The number of nitrogens with zero attached hydrogens (tertiary/aromatic N) is 1. The summed E-state index contributed by atoms with van der Waals surface area (Å²) in [5.41, 5.74) is 7.33. The molecule has 0 atom stereocenters. The number of hydrogen-bond donors (Lipinski definition) is 1. The summed E-state index contributed by atoms with van der Waals surface area (Å²) in [4.78, 5) is 4.49. The molecule has 0 bridgehead atoms. The van der Waals surface area contributed by atoms with E-state index in [-0.39, 0.29) is 0 Å². The molecule has 2 aromatic carbocycles. The molecule has 26 heavy (non-hydrogen) atoms. The second kappa shape index (κ2) is 7.26. The van der Waals surface area contributed by atoms with Gasteiger partial charge in [0, 0.05) is 23.6 Å². The van der Waals surface area contributed by atoms with E-state index in [0.717, 1.165) is 5.39 Å². The molecule has 3 rings (SSSR count). The van der Waals surface area contributed by atoms with Crippen molar-refractivity contribution in [1.82, 2.24) is 4.98 Å². The van der Waals surface area contributed by atoms with Gasteiger partial charge in [-0.05, 0) is 18.2 Å². The van der Waals surface area contributed by atoms with Crippen molar-refractivity contribution in [3.63, 3.8) is 0 Å². The van der Waals surface area contributed by atoms with E-state index in [1.807, 2.05) is 12.1 Å². The summed E-state index contributed by atoms with van der Waals surface area (Å²) in [6.45, 7) is 0. The van der Waals surface area contributed by atoms with Gasteiger partial charge in [-0.2, -0.15) is 0 Å². The lowest BCUT2D eigenvalue weighted by Gasteiger charge is -2.14. The first-order chi connectivity index (χ1) is 12.6. The molecule has 0 amide bonds. The van der Waals surface area contributed by atoms with Crippen LogP contribution in [-0.4, -0.2) is 33.4 Å². The molecule has 1 aromatic heterocycles. The third-order valence-corrected chi connectivity index (χ3v) is 3.93. The summed E-state index contributed by atoms with van der Waals surface area (Å²) < 4.78 is 27.1. The molecule has 0 radical (unpaired) electrons. The predicted octanol–water partition coefficient (Wildman–Crippen LogP) is 3.64. The van der Waals surface area contributed by atoms with Gasteiger partial charge >= 0.3 is 0 Å². The molecule has 2 N–H and O–H groups in total. The molecular formula is C19H20N2O5. The van der Waals surface area contributed by atoms with Crippen LogP contribution >= 0.6 is 0 Å². The van der Waals surface area contributed by atoms with Gasteiger partial charge in [0.15, 0.2) is 11.5 Å². The largest absolute Gasteiger partial charge is 0.495 e. The van der Waals surface area contributed by atoms with Gasteiger partial charge in [0.05, 0.1) is 39.6 Å². The fourth-order valence-electron chi connectivity index (χ4n) is 2.66. The minimum Gasteiger partial charge on any atom is -0.495 e. The highest BCUT2D eigenvalue weighted by atomic mass is 16.5. The van der Waals surface area contributed by atoms with Crippen LogP contribution in [0.1, 0.15) is 0 Å². The van der Waals surface area contributed by atoms with E-state index in [9.17, 15) is 0 Å². The van der Waals surface area contributed by atoms with Crippen molar-refractivity contribution in [3.05, 3.63) is 36.4 Å². The highest BCUT2D eigenvalue weighted by molar-refractivity contribution is 5.93. The molecule has 0 spiro atoms. The monoisotopic (exact) mass is 356 g/mol. The Labute approximate surface area is 151 Å². The van der Waals surface area contributed by atoms with E-state index < -0.39 is 0 Å². The van der Waals surface area contributed by atoms with Crippen molar-refractivity contribution >= 4 is 16.6 Å². The number of nitrogens with two attached hydrogens (primary N) is 1. The maximum absolute atomic E-state index is 6.09. The van der Waals surface area contributed by atoms with E-state index in [1.54, 1.807) is 52.7 Å². The van der Waals surface area contributed by atoms with Gasteiger partial charge in [-0.15, -0.1) is 0 Å². The molecule has 0 aliphatic carbocycles. The zero-order valence-corrected chi connectivity index (χ0v) is 15.0. The zero-order valence-electron chi connectivity index (χ0n) is 15.0. The summed E-state index contributed by atoms with van der Waals surface area (Å²) in [7, 11) is 6.22. The molecular weight excluding hydrogens is 336 g/mol. The lowest BCUT2D eigenvalue weighted by atomic mass is 10.1. The average Bonchev–Trinajstić information content (AvgIpc) is 2.67. The van der Waals surface area contributed by atoms with Crippen molar-refractivity contribution in [2.24, 2.45) is 0 Å². The molecule has 0 saturated heterocycles. The average molecular weight is 356 g/mol. The smallest absolute Gasteiger partial charge is 0.219 e. The number of anilines is 1. The lowest BCUT2D eigenvalue weighted by Crippen LogP contribution is -1.97. The standard InChI is InChI=1S/C19H20N2O5/c1-22-14-7-6-13-12(18(14)20)5-8-17(21-13)26-11-9-15(23-2)19(25-4)16(10-11)24-3/h5-10H,20H2,1-4H3. The van der Waals surface area contributed by atoms with Gasteiger partial charge in [0.25, 0.3) is 0 Å². The van der Waals surface area contributed by atoms with Crippen LogP contribution in [0, 0.1) is 0 Å². The number of aromatic nitrogens is 1. The summed E-state index contributed by atoms with van der Waals surface area (Å²) in [6.07, 6.45) is 0. The molecule has 0 fully saturated rings. The molecule has 1 heterocycles. The maximum atomic E-state index is 6.09. The van der Waals surface area contributed by atoms with E-state index in [1.165, 1.54) is 0 Å². The van der Waals surface area contributed by atoms with Crippen LogP contribution < -0.4 is 29.4 Å². The number of methoxy groups -OCH3 is 4. The fourth-order valence-corrected chi connectivity index (χ4v) is 2.66. The predicted molar refractivity (Wildman–Crippen MR) is 98.9 cm³/mol. The summed E-state index contributed by atoms with van der Waals surface area (Å²) in [5.74, 6) is 3.02. The first kappa shape index (κ1) is 17.5. The highest BCUT2D eigenvalue weighted by Gasteiger charge is 2.15. The Hall–Kier alpha value is -3.35. The second-order valence-corrected chi connectivity index (χ2v) is 5.36. The third kappa shape index (κ3) is 3.11. The maximum Gasteiger partial charge on any atom is 0.219 e. The van der Waals surface area contributed by atoms with Crippen LogP contribution in [0.2, 0.25) is 0 Å². The van der Waals surface area contributed by atoms with Gasteiger partial charge in [0.1, 0.15) is 11.5 Å². The van der Waals surface area contributed by atoms with Gasteiger partial charge in [-0.1, -0.05) is 0 Å². The van der Waals surface area contributed by atoms with Crippen molar-refractivity contribution < 1.29 is 23.7 Å². The van der Waals surface area contributed by atoms with E-state index in [0.29, 0.717) is 45.8 Å². The van der Waals surface area contributed by atoms with E-state index in [4.69, 9.17) is 29.4 Å². The van der Waals surface area contributed by atoms with Crippen molar-refractivity contribution in [2.45, 2.75) is 0 Å². The normalized spacial score (nSPS) is 10.5. The molecule has 3 aromatic rings. The van der Waals surface area contributed by atoms with Crippen molar-refractivity contribution in [1.29, 1.82) is 0 Å². The number of benzene rings is 2. The number of pyridine rings is 1. The van der Waals surface area contributed by atoms with Crippen LogP contribution in [0.3, 0.4) is 0 Å². The number of rotatable bonds is 6. The van der Waals surface area contributed by atoms with E-state index >= 15 is 0 Å². The van der Waals surface area contributed by atoms with Crippen LogP contribution in [-0.2, 0) is 0 Å². The summed E-state index contributed by atoms with van der Waals surface area (Å²) >= 11 is 0. The van der Waals surface area contributed by atoms with Gasteiger partial charge in [0.2, 0.25) is 11.6 Å². The van der Waals surface area contributed by atoms with Crippen LogP contribution in [0.5, 0.6) is 34.6 Å². The zero-order chi connectivity index (χ0) is 18.7. The molecule has 0 saturated carbocycles. The van der Waals surface area contributed by atoms with Crippen LogP contribution in [0.25, 0.3) is 10.9 Å². The number of hydrogen-bond acceptors (Lipinski definition) is 7. The Morgan fingerprint density at radius 2 is 1.42 bits per heavy atom. The van der Waals surface area contributed by atoms with Crippen molar-refractivity contribution in [2.75, 3.05) is 34.2 Å². The number of fused-ring (bicyclic) bond motifs is 1. The number of ether oxygens (including phenoxy) is 5. The molecule has 7 heteroatoms. The highest BCUT2D eigenvalue weighted by Crippen LogP contribution is 2.42. The molecule has 0 unspecified atom stereocenters. The summed E-state index contributed by atoms with van der Waals surface area (Å²) in [5, 5.41) is 0.793. The first-order valence-corrected chi connectivity index (χ1v) is 7.82. The SMILES string of the molecule is COc1cc(Oc2ccc3c(N)c(OC)ccc3n2)cc(OC)c1OC. The summed E-state index contributed by atoms with van der Waals surface area (Å²) in [6, 6.07) is 10.6. The number of nitrogen functional groups attached to an aromatic ring is 1. The Balaban J connectivity index is 1.98. The third-order valence-electron chi connectivity index (χ3n) is 3.93. The van der Waals surface area contributed by atoms with Gasteiger partial charge in [-0.25, -0.2) is 4.98 Å². The van der Waals surface area contributed by atoms with Crippen LogP contribution in [0.4, 0.5) is 5.69 Å². The van der Waals surface area contributed by atoms with E-state index in [2.05, 4.69) is 4.98 Å². The molecule has 7 nitrogen and oxygen atoms in total. The molecule has 136 valence electrons. The Bertz CT molecular complexity index is 918. The topological polar surface area (TPSA) is 85.1 Å². The Kier molecular flexibility index (Phi) is 4.88. The first-order valence-electron chi connectivity index (χ1n) is 7.82. The molecule has 0 aliphatic heterocycles. The lowest BCUT2D eigenvalue weighted by molar-refractivity contribution is 0.320. The van der Waals surface area contributed by atoms with Gasteiger partial charge < -0.3 is 29.4 Å². The Morgan fingerprint density at radius 3 is 2.00 bits per heavy atom. The van der Waals surface area contributed by atoms with Crippen LogP contribution in [0.15, 0.2) is 36.4 Å². The quantitative estimate of drug-likeness (QED) is 0.675. The molecule has 0 aliphatic rings. The minimum atomic E-state index is 0.413. The fraction of sp³-hybridized carbons (Fsp3) is 0.211. The second-order valence-electron chi connectivity index (χ2n) is 5.36. The van der Waals surface area contributed by atoms with Crippen molar-refractivity contribution in [3.8, 4) is 34.6 Å². The Morgan fingerprint density at radius 1 is 0.769 bits per heavy atom.